The molecule has 0 unspecified atom stereocenters. The number of nitrogens with zero attached hydrogens (tertiary/aromatic N) is 1. The molecule has 4 heteroatoms. The molecule has 1 aromatic heterocycles. The van der Waals surface area contributed by atoms with Gasteiger partial charge in [-0.1, -0.05) is 30.3 Å². The Balaban J connectivity index is 2.12. The summed E-state index contributed by atoms with van der Waals surface area (Å²) in [6, 6.07) is 11.5. The van der Waals surface area contributed by atoms with Crippen molar-refractivity contribution in [2.75, 3.05) is 0 Å². The monoisotopic (exact) mass is 245 g/mol. The van der Waals surface area contributed by atoms with Crippen molar-refractivity contribution in [1.29, 1.82) is 0 Å². The number of benzene rings is 1. The van der Waals surface area contributed by atoms with E-state index < -0.39 is 5.97 Å². The molecule has 2 aromatic rings. The van der Waals surface area contributed by atoms with Crippen LogP contribution in [-0.4, -0.2) is 16.1 Å². The Hall–Kier alpha value is -1.81. The smallest absolute Gasteiger partial charge is 0.336 e. The summed E-state index contributed by atoms with van der Waals surface area (Å²) >= 11 is 1.49. The lowest BCUT2D eigenvalue weighted by atomic mass is 10.2. The largest absolute Gasteiger partial charge is 0.478 e. The molecule has 1 aromatic carbocycles. The topological polar surface area (TPSA) is 50.2 Å². The zero-order valence-corrected chi connectivity index (χ0v) is 9.85. The molecule has 1 N–H and O–H groups in total. The number of carboxylic acid groups (broad SMARTS) is 1. The molecule has 0 amide bonds. The molecular weight excluding hydrogens is 234 g/mol. The number of carbonyl (C=O) groups is 1. The van der Waals surface area contributed by atoms with Crippen LogP contribution in [0.1, 0.15) is 15.9 Å². The third kappa shape index (κ3) is 3.07. The van der Waals surface area contributed by atoms with E-state index in [4.69, 9.17) is 5.11 Å². The van der Waals surface area contributed by atoms with E-state index >= 15 is 0 Å². The van der Waals surface area contributed by atoms with Gasteiger partial charge in [0.1, 0.15) is 0 Å². The van der Waals surface area contributed by atoms with Gasteiger partial charge in [0.15, 0.2) is 0 Å². The van der Waals surface area contributed by atoms with Crippen molar-refractivity contribution >= 4 is 17.7 Å². The van der Waals surface area contributed by atoms with E-state index in [1.54, 1.807) is 6.20 Å². The molecule has 86 valence electrons. The Kier molecular flexibility index (Phi) is 3.77. The second kappa shape index (κ2) is 5.50. The van der Waals surface area contributed by atoms with E-state index in [1.165, 1.54) is 24.0 Å². The fourth-order valence-electron chi connectivity index (χ4n) is 1.41. The molecule has 1 heterocycles. The number of hydrogen-bond acceptors (Lipinski definition) is 3. The molecule has 17 heavy (non-hydrogen) atoms. The third-order valence-corrected chi connectivity index (χ3v) is 3.37. The maximum Gasteiger partial charge on any atom is 0.336 e. The molecule has 0 fully saturated rings. The molecular formula is C13H11NO2S. The van der Waals surface area contributed by atoms with Crippen LogP contribution in [0.5, 0.6) is 0 Å². The van der Waals surface area contributed by atoms with Crippen molar-refractivity contribution in [2.24, 2.45) is 0 Å². The van der Waals surface area contributed by atoms with Crippen LogP contribution in [-0.2, 0) is 5.75 Å². The van der Waals surface area contributed by atoms with E-state index in [2.05, 4.69) is 4.98 Å². The average Bonchev–Trinajstić information content (AvgIpc) is 2.38. The lowest BCUT2D eigenvalue weighted by Gasteiger charge is -2.04. The van der Waals surface area contributed by atoms with Crippen molar-refractivity contribution in [3.05, 3.63) is 59.9 Å². The predicted molar refractivity (Wildman–Crippen MR) is 67.2 cm³/mol. The Morgan fingerprint density at radius 2 is 2.00 bits per heavy atom. The highest BCUT2D eigenvalue weighted by atomic mass is 32.2. The minimum absolute atomic E-state index is 0.306. The van der Waals surface area contributed by atoms with E-state index in [0.29, 0.717) is 10.5 Å². The first-order valence-corrected chi connectivity index (χ1v) is 6.10. The van der Waals surface area contributed by atoms with Crippen molar-refractivity contribution in [3.8, 4) is 0 Å². The van der Waals surface area contributed by atoms with Crippen LogP contribution >= 0.6 is 11.8 Å². The summed E-state index contributed by atoms with van der Waals surface area (Å²) in [5.74, 6) is -0.171. The lowest BCUT2D eigenvalue weighted by Crippen LogP contribution is -1.99. The van der Waals surface area contributed by atoms with Crippen molar-refractivity contribution in [1.82, 2.24) is 4.98 Å². The summed E-state index contributed by atoms with van der Waals surface area (Å²) in [6.07, 6.45) is 3.09. The van der Waals surface area contributed by atoms with Crippen LogP contribution in [0.15, 0.2) is 53.7 Å². The summed E-state index contributed by atoms with van der Waals surface area (Å²) in [7, 11) is 0. The number of hydrogen-bond donors (Lipinski definition) is 1. The van der Waals surface area contributed by atoms with Gasteiger partial charge in [0.05, 0.1) is 5.56 Å². The van der Waals surface area contributed by atoms with Gasteiger partial charge in [0.2, 0.25) is 0 Å². The molecule has 0 atom stereocenters. The van der Waals surface area contributed by atoms with Gasteiger partial charge >= 0.3 is 5.97 Å². The molecule has 0 aliphatic heterocycles. The van der Waals surface area contributed by atoms with Gasteiger partial charge in [-0.25, -0.2) is 4.79 Å². The first-order chi connectivity index (χ1) is 8.27. The minimum Gasteiger partial charge on any atom is -0.478 e. The summed E-state index contributed by atoms with van der Waals surface area (Å²) < 4.78 is 0. The van der Waals surface area contributed by atoms with Crippen molar-refractivity contribution in [2.45, 2.75) is 10.6 Å². The number of aromatic carboxylic acids is 1. The highest BCUT2D eigenvalue weighted by Gasteiger charge is 2.09. The van der Waals surface area contributed by atoms with Gasteiger partial charge < -0.3 is 5.11 Å². The molecule has 0 spiro atoms. The zero-order chi connectivity index (χ0) is 12.1. The summed E-state index contributed by atoms with van der Waals surface area (Å²) in [5.41, 5.74) is 1.47. The Labute approximate surface area is 104 Å². The Morgan fingerprint density at radius 1 is 1.24 bits per heavy atom. The molecule has 3 nitrogen and oxygen atoms in total. The van der Waals surface area contributed by atoms with Gasteiger partial charge in [-0.2, -0.15) is 0 Å². The molecule has 0 bridgehead atoms. The molecule has 2 rings (SSSR count). The first-order valence-electron chi connectivity index (χ1n) is 5.11. The van der Waals surface area contributed by atoms with Gasteiger partial charge in [-0.3, -0.25) is 4.98 Å². The fraction of sp³-hybridized carbons (Fsp3) is 0.0769. The minimum atomic E-state index is -0.914. The lowest BCUT2D eigenvalue weighted by molar-refractivity contribution is 0.0693. The SMILES string of the molecule is O=C(O)c1ccncc1SCc1ccccc1. The highest BCUT2D eigenvalue weighted by Crippen LogP contribution is 2.25. The molecule has 0 saturated carbocycles. The molecule has 0 radical (unpaired) electrons. The fourth-order valence-corrected chi connectivity index (χ4v) is 2.37. The van der Waals surface area contributed by atoms with E-state index in [9.17, 15) is 4.79 Å². The Morgan fingerprint density at radius 3 is 2.71 bits per heavy atom. The molecule has 0 saturated heterocycles. The molecule has 0 aliphatic rings. The second-order valence-electron chi connectivity index (χ2n) is 3.45. The van der Waals surface area contributed by atoms with E-state index in [0.717, 1.165) is 11.3 Å². The standard InChI is InChI=1S/C13H11NO2S/c15-13(16)11-6-7-14-8-12(11)17-9-10-4-2-1-3-5-10/h1-8H,9H2,(H,15,16). The van der Waals surface area contributed by atoms with Crippen LogP contribution in [0.3, 0.4) is 0 Å². The second-order valence-corrected chi connectivity index (χ2v) is 4.47. The van der Waals surface area contributed by atoms with Crippen LogP contribution in [0.4, 0.5) is 0 Å². The maximum absolute atomic E-state index is 11.0. The number of thioether (sulfide) groups is 1. The first kappa shape index (κ1) is 11.7. The number of pyridine rings is 1. The summed E-state index contributed by atoms with van der Waals surface area (Å²) in [6.45, 7) is 0. The van der Waals surface area contributed by atoms with Gasteiger partial charge in [0, 0.05) is 23.0 Å². The molecule has 0 aliphatic carbocycles. The number of rotatable bonds is 4. The number of aromatic nitrogens is 1. The van der Waals surface area contributed by atoms with Gasteiger partial charge in [-0.15, -0.1) is 11.8 Å². The van der Waals surface area contributed by atoms with Gasteiger partial charge in [0.25, 0.3) is 0 Å². The van der Waals surface area contributed by atoms with Crippen LogP contribution in [0.2, 0.25) is 0 Å². The average molecular weight is 245 g/mol. The van der Waals surface area contributed by atoms with Crippen LogP contribution in [0, 0.1) is 0 Å². The maximum atomic E-state index is 11.0. The predicted octanol–water partition coefficient (Wildman–Crippen LogP) is 3.07. The van der Waals surface area contributed by atoms with Crippen LogP contribution in [0.25, 0.3) is 0 Å². The third-order valence-electron chi connectivity index (χ3n) is 2.25. The number of carboxylic acids is 1. The highest BCUT2D eigenvalue weighted by molar-refractivity contribution is 7.98. The van der Waals surface area contributed by atoms with Crippen LogP contribution < -0.4 is 0 Å². The zero-order valence-electron chi connectivity index (χ0n) is 9.04. The quantitative estimate of drug-likeness (QED) is 0.841. The van der Waals surface area contributed by atoms with Gasteiger partial charge in [-0.05, 0) is 11.6 Å². The van der Waals surface area contributed by atoms with E-state index in [1.807, 2.05) is 30.3 Å². The summed E-state index contributed by atoms with van der Waals surface area (Å²) in [5, 5.41) is 9.02. The normalized spacial score (nSPS) is 10.1. The van der Waals surface area contributed by atoms with Crippen molar-refractivity contribution in [3.63, 3.8) is 0 Å². The summed E-state index contributed by atoms with van der Waals surface area (Å²) in [4.78, 5) is 15.6. The van der Waals surface area contributed by atoms with E-state index in [-0.39, 0.29) is 0 Å². The van der Waals surface area contributed by atoms with Crippen molar-refractivity contribution < 1.29 is 9.90 Å². The Bertz CT molecular complexity index is 514.